The molecule has 0 heterocycles. The van der Waals surface area contributed by atoms with Crippen LogP contribution in [0.25, 0.3) is 0 Å². The van der Waals surface area contributed by atoms with Crippen LogP contribution in [0.3, 0.4) is 0 Å². The van der Waals surface area contributed by atoms with Gasteiger partial charge in [0, 0.05) is 17.6 Å². The van der Waals surface area contributed by atoms with E-state index in [4.69, 9.17) is 0 Å². The molecule has 8 nitrogen and oxygen atoms in total. The summed E-state index contributed by atoms with van der Waals surface area (Å²) in [6, 6.07) is -0.908. The van der Waals surface area contributed by atoms with Gasteiger partial charge in [0.1, 0.15) is 11.7 Å². The molecule has 0 spiro atoms. The molecule has 0 aromatic heterocycles. The molecule has 0 aliphatic heterocycles. The van der Waals surface area contributed by atoms with Crippen molar-refractivity contribution < 1.29 is 29.4 Å². The molecule has 4 N–H and O–H groups in total. The van der Waals surface area contributed by atoms with Crippen molar-refractivity contribution in [2.45, 2.75) is 65.8 Å². The highest BCUT2D eigenvalue weighted by Crippen LogP contribution is 2.52. The summed E-state index contributed by atoms with van der Waals surface area (Å²) in [4.78, 5) is 47.0. The van der Waals surface area contributed by atoms with E-state index in [0.717, 1.165) is 25.7 Å². The van der Waals surface area contributed by atoms with Gasteiger partial charge in [-0.2, -0.15) is 11.8 Å². The molecule has 2 rings (SSSR count). The van der Waals surface area contributed by atoms with E-state index in [0.29, 0.717) is 12.2 Å². The van der Waals surface area contributed by atoms with E-state index >= 15 is 0 Å². The molecule has 0 unspecified atom stereocenters. The van der Waals surface area contributed by atoms with Crippen LogP contribution < -0.4 is 10.6 Å². The highest BCUT2D eigenvalue weighted by atomic mass is 32.2. The molecule has 0 radical (unpaired) electrons. The predicted molar refractivity (Wildman–Crippen MR) is 118 cm³/mol. The van der Waals surface area contributed by atoms with Gasteiger partial charge in [0.15, 0.2) is 0 Å². The van der Waals surface area contributed by atoms with Gasteiger partial charge in [-0.3, -0.25) is 9.59 Å². The van der Waals surface area contributed by atoms with Crippen LogP contribution in [0.5, 0.6) is 0 Å². The maximum absolute atomic E-state index is 12.1. The Kier molecular flexibility index (Phi) is 8.19. The second kappa shape index (κ2) is 10.1. The van der Waals surface area contributed by atoms with Crippen molar-refractivity contribution in [3.8, 4) is 0 Å². The Morgan fingerprint density at radius 3 is 2.03 bits per heavy atom. The van der Waals surface area contributed by atoms with E-state index in [1.807, 2.05) is 27.7 Å². The molecular formula is C22H34N2O6S. The fourth-order valence-corrected chi connectivity index (χ4v) is 4.52. The normalized spacial score (nSPS) is 24.1. The summed E-state index contributed by atoms with van der Waals surface area (Å²) in [6.45, 7) is 7.94. The van der Waals surface area contributed by atoms with E-state index in [9.17, 15) is 29.4 Å². The van der Waals surface area contributed by atoms with Gasteiger partial charge in [-0.05, 0) is 48.7 Å². The average Bonchev–Trinajstić information content (AvgIpc) is 3.51. The monoisotopic (exact) mass is 454 g/mol. The first-order valence-electron chi connectivity index (χ1n) is 10.7. The summed E-state index contributed by atoms with van der Waals surface area (Å²) in [5.74, 6) is -1.89. The number of hydrogen-bond donors (Lipinski definition) is 4. The number of nitrogens with one attached hydrogen (secondary N) is 2. The van der Waals surface area contributed by atoms with Gasteiger partial charge in [-0.25, -0.2) is 9.59 Å². The second-order valence-electron chi connectivity index (χ2n) is 9.87. The molecule has 0 saturated heterocycles. The molecule has 2 aliphatic rings. The van der Waals surface area contributed by atoms with Crippen molar-refractivity contribution in [2.75, 3.05) is 11.5 Å². The predicted octanol–water partition coefficient (Wildman–Crippen LogP) is 2.64. The Morgan fingerprint density at radius 2 is 1.55 bits per heavy atom. The summed E-state index contributed by atoms with van der Waals surface area (Å²) in [5.41, 5.74) is -0.193. The van der Waals surface area contributed by atoms with Gasteiger partial charge in [-0.15, -0.1) is 0 Å². The zero-order valence-electron chi connectivity index (χ0n) is 18.7. The van der Waals surface area contributed by atoms with Gasteiger partial charge in [0.25, 0.3) is 0 Å². The number of carboxylic acids is 2. The minimum Gasteiger partial charge on any atom is -0.480 e. The molecule has 0 aromatic carbocycles. The van der Waals surface area contributed by atoms with Crippen LogP contribution in [0.2, 0.25) is 0 Å². The van der Waals surface area contributed by atoms with Gasteiger partial charge >= 0.3 is 11.9 Å². The minimum atomic E-state index is -1.15. The van der Waals surface area contributed by atoms with Crippen LogP contribution in [0.15, 0.2) is 11.8 Å². The molecule has 3 atom stereocenters. The van der Waals surface area contributed by atoms with E-state index in [1.54, 1.807) is 0 Å². The van der Waals surface area contributed by atoms with Gasteiger partial charge in [-0.1, -0.05) is 33.8 Å². The van der Waals surface area contributed by atoms with Gasteiger partial charge < -0.3 is 20.8 Å². The zero-order valence-corrected chi connectivity index (χ0v) is 19.5. The first kappa shape index (κ1) is 25.2. The second-order valence-corrected chi connectivity index (χ2v) is 11.0. The molecule has 2 aliphatic carbocycles. The van der Waals surface area contributed by atoms with Crippen LogP contribution in [0, 0.1) is 22.7 Å². The number of rotatable bonds is 13. The van der Waals surface area contributed by atoms with Crippen LogP contribution in [0.1, 0.15) is 59.8 Å². The minimum absolute atomic E-state index is 0.0447. The van der Waals surface area contributed by atoms with Gasteiger partial charge in [0.05, 0.1) is 0 Å². The Bertz CT molecular complexity index is 761. The first-order valence-corrected chi connectivity index (χ1v) is 11.9. The number of allylic oxidation sites excluding steroid dienone is 1. The topological polar surface area (TPSA) is 133 Å². The molecule has 31 heavy (non-hydrogen) atoms. The van der Waals surface area contributed by atoms with E-state index in [-0.39, 0.29) is 45.9 Å². The Hall–Kier alpha value is -2.03. The van der Waals surface area contributed by atoms with Crippen molar-refractivity contribution in [3.05, 3.63) is 11.8 Å². The van der Waals surface area contributed by atoms with E-state index < -0.39 is 18.0 Å². The number of unbranched alkanes of at least 4 members (excludes halogenated alkanes) is 2. The Balaban J connectivity index is 1.65. The highest BCUT2D eigenvalue weighted by Gasteiger charge is 2.51. The Labute approximate surface area is 187 Å². The lowest BCUT2D eigenvalue weighted by atomic mass is 10.1. The standard InChI is InChI=1S/C22H34N2O6S/c1-21(2)10-13(21)17(25)23-15(19(27)28)8-6-5-7-9-31-12-16(20(29)30)24-18(26)14-11-22(14,3)4/h8,13-14,16H,5-7,9-12H2,1-4H3,(H,23,25)(H,24,26)(H,27,28)(H,29,30)/b15-8-/t13-,14+,16-/m0/s1. The first-order chi connectivity index (χ1) is 14.3. The summed E-state index contributed by atoms with van der Waals surface area (Å²) < 4.78 is 0. The molecule has 2 saturated carbocycles. The van der Waals surface area contributed by atoms with Gasteiger partial charge in [0.2, 0.25) is 11.8 Å². The van der Waals surface area contributed by atoms with Crippen LogP contribution in [0.4, 0.5) is 0 Å². The van der Waals surface area contributed by atoms with Crippen LogP contribution in [-0.4, -0.2) is 51.5 Å². The molecule has 9 heteroatoms. The number of aliphatic carboxylic acids is 2. The number of carbonyl (C=O) groups excluding carboxylic acids is 2. The van der Waals surface area contributed by atoms with Crippen molar-refractivity contribution in [3.63, 3.8) is 0 Å². The summed E-state index contributed by atoms with van der Waals surface area (Å²) >= 11 is 1.45. The van der Waals surface area contributed by atoms with E-state index in [2.05, 4.69) is 10.6 Å². The average molecular weight is 455 g/mol. The summed E-state index contributed by atoms with van der Waals surface area (Å²) in [6.07, 6.45) is 5.06. The number of carboxylic acid groups (broad SMARTS) is 2. The lowest BCUT2D eigenvalue weighted by Crippen LogP contribution is -2.43. The molecular weight excluding hydrogens is 420 g/mol. The molecule has 174 valence electrons. The SMILES string of the molecule is CC1(C)C[C@@H]1C(=O)N[C@@H](CSCCCC/C=C(\NC(=O)[C@@H]1CC1(C)C)C(=O)O)C(=O)O. The highest BCUT2D eigenvalue weighted by molar-refractivity contribution is 7.99. The summed E-state index contributed by atoms with van der Waals surface area (Å²) in [7, 11) is 0. The summed E-state index contributed by atoms with van der Waals surface area (Å²) in [5, 5.41) is 23.7. The molecule has 0 bridgehead atoms. The number of thioether (sulfide) groups is 1. The third kappa shape index (κ3) is 7.55. The fraction of sp³-hybridized carbons (Fsp3) is 0.727. The third-order valence-corrected chi connectivity index (χ3v) is 7.28. The zero-order chi connectivity index (χ0) is 23.4. The Morgan fingerprint density at radius 1 is 1.00 bits per heavy atom. The van der Waals surface area contributed by atoms with Crippen molar-refractivity contribution in [1.82, 2.24) is 10.6 Å². The van der Waals surface area contributed by atoms with Crippen LogP contribution in [-0.2, 0) is 19.2 Å². The smallest absolute Gasteiger partial charge is 0.352 e. The van der Waals surface area contributed by atoms with Crippen molar-refractivity contribution >= 4 is 35.5 Å². The molecule has 2 fully saturated rings. The number of amides is 2. The maximum atomic E-state index is 12.1. The lowest BCUT2D eigenvalue weighted by Gasteiger charge is -2.15. The van der Waals surface area contributed by atoms with E-state index in [1.165, 1.54) is 17.8 Å². The quantitative estimate of drug-likeness (QED) is 0.248. The maximum Gasteiger partial charge on any atom is 0.352 e. The fourth-order valence-electron chi connectivity index (χ4n) is 3.48. The number of carbonyl (C=O) groups is 4. The lowest BCUT2D eigenvalue weighted by molar-refractivity contribution is -0.141. The molecule has 2 amide bonds. The van der Waals surface area contributed by atoms with Crippen LogP contribution >= 0.6 is 11.8 Å². The van der Waals surface area contributed by atoms with Crippen molar-refractivity contribution in [2.24, 2.45) is 22.7 Å². The van der Waals surface area contributed by atoms with Crippen molar-refractivity contribution in [1.29, 1.82) is 0 Å². The molecule has 0 aromatic rings. The third-order valence-electron chi connectivity index (χ3n) is 6.14. The number of hydrogen-bond acceptors (Lipinski definition) is 5. The largest absolute Gasteiger partial charge is 0.480 e.